The molecule has 29 heavy (non-hydrogen) atoms. The maximum Gasteiger partial charge on any atom is 0.241 e. The summed E-state index contributed by atoms with van der Waals surface area (Å²) in [6.07, 6.45) is 0.339. The van der Waals surface area contributed by atoms with Crippen molar-refractivity contribution in [3.8, 4) is 5.75 Å². The maximum absolute atomic E-state index is 12.4. The molecule has 0 saturated carbocycles. The number of fused-ring (bicyclic) bond motifs is 3. The molecule has 4 aromatic rings. The molecule has 0 aliphatic heterocycles. The number of hydrogen-bond donors (Lipinski definition) is 1. The Kier molecular flexibility index (Phi) is 5.29. The van der Waals surface area contributed by atoms with Crippen LogP contribution in [0.15, 0.2) is 77.9 Å². The molecule has 1 N–H and O–H groups in total. The van der Waals surface area contributed by atoms with Crippen molar-refractivity contribution < 1.29 is 9.53 Å². The van der Waals surface area contributed by atoms with Crippen LogP contribution in [-0.4, -0.2) is 23.3 Å². The molecule has 0 unspecified atom stereocenters. The minimum absolute atomic E-state index is 0.124. The van der Waals surface area contributed by atoms with Gasteiger partial charge in [0.2, 0.25) is 5.91 Å². The maximum atomic E-state index is 12.4. The van der Waals surface area contributed by atoms with Crippen molar-refractivity contribution >= 4 is 33.4 Å². The molecule has 146 valence electrons. The number of para-hydroxylation sites is 3. The minimum atomic E-state index is -0.124. The monoisotopic (exact) mass is 385 g/mol. The fraction of sp³-hybridized carbons (Fsp3) is 0.167. The summed E-state index contributed by atoms with van der Waals surface area (Å²) in [7, 11) is 1.62. The highest BCUT2D eigenvalue weighted by atomic mass is 16.5. The van der Waals surface area contributed by atoms with Crippen LogP contribution in [0.4, 0.5) is 0 Å². The fourth-order valence-electron chi connectivity index (χ4n) is 3.66. The van der Waals surface area contributed by atoms with Gasteiger partial charge >= 0.3 is 0 Å². The largest absolute Gasteiger partial charge is 0.496 e. The molecule has 4 rings (SSSR count). The molecule has 0 bridgehead atoms. The topological polar surface area (TPSA) is 55.6 Å². The molecular formula is C24H23N3O2. The molecular weight excluding hydrogens is 362 g/mol. The molecule has 0 fully saturated rings. The number of ether oxygens (including phenoxy) is 1. The Bertz CT molecular complexity index is 1150. The van der Waals surface area contributed by atoms with E-state index in [0.717, 1.165) is 22.3 Å². The van der Waals surface area contributed by atoms with E-state index in [1.54, 1.807) is 7.11 Å². The van der Waals surface area contributed by atoms with Gasteiger partial charge in [0.05, 0.1) is 12.8 Å². The van der Waals surface area contributed by atoms with Crippen LogP contribution in [0.3, 0.4) is 0 Å². The number of nitrogens with zero attached hydrogens (tertiary/aromatic N) is 2. The van der Waals surface area contributed by atoms with Gasteiger partial charge in [-0.15, -0.1) is 0 Å². The van der Waals surface area contributed by atoms with Crippen LogP contribution in [0.2, 0.25) is 0 Å². The fourth-order valence-corrected chi connectivity index (χ4v) is 3.66. The highest BCUT2D eigenvalue weighted by Gasteiger charge is 2.11. The molecule has 3 aromatic carbocycles. The summed E-state index contributed by atoms with van der Waals surface area (Å²) in [6, 6.07) is 24.2. The predicted octanol–water partition coefficient (Wildman–Crippen LogP) is 4.73. The number of aryl methyl sites for hydroxylation is 1. The molecule has 5 heteroatoms. The molecule has 0 atom stereocenters. The lowest BCUT2D eigenvalue weighted by Gasteiger charge is -2.09. The van der Waals surface area contributed by atoms with Gasteiger partial charge in [0.1, 0.15) is 5.75 Å². The van der Waals surface area contributed by atoms with Crippen molar-refractivity contribution in [3.05, 3.63) is 78.4 Å². The second-order valence-electron chi connectivity index (χ2n) is 6.87. The van der Waals surface area contributed by atoms with Crippen LogP contribution >= 0.6 is 0 Å². The molecule has 5 nitrogen and oxygen atoms in total. The summed E-state index contributed by atoms with van der Waals surface area (Å²) in [5.41, 5.74) is 6.50. The highest BCUT2D eigenvalue weighted by Crippen LogP contribution is 2.28. The Morgan fingerprint density at radius 1 is 0.931 bits per heavy atom. The lowest BCUT2D eigenvalue weighted by molar-refractivity contribution is -0.121. The van der Waals surface area contributed by atoms with E-state index in [2.05, 4.69) is 39.4 Å². The van der Waals surface area contributed by atoms with Crippen molar-refractivity contribution in [1.29, 1.82) is 0 Å². The molecule has 0 radical (unpaired) electrons. The normalized spacial score (nSPS) is 11.7. The smallest absolute Gasteiger partial charge is 0.241 e. The van der Waals surface area contributed by atoms with E-state index in [4.69, 9.17) is 4.74 Å². The van der Waals surface area contributed by atoms with Crippen molar-refractivity contribution in [2.75, 3.05) is 7.11 Å². The lowest BCUT2D eigenvalue weighted by atomic mass is 10.1. The van der Waals surface area contributed by atoms with Crippen molar-refractivity contribution in [2.24, 2.45) is 5.10 Å². The molecule has 0 spiro atoms. The SMILES string of the molecule is COc1ccccc1/C(C)=N\NC(=O)CCn1c2ccccc2c2ccccc21. The molecule has 0 aliphatic carbocycles. The first-order valence-corrected chi connectivity index (χ1v) is 9.61. The second kappa shape index (κ2) is 8.19. The highest BCUT2D eigenvalue weighted by molar-refractivity contribution is 6.08. The number of methoxy groups -OCH3 is 1. The number of amides is 1. The molecule has 1 aromatic heterocycles. The van der Waals surface area contributed by atoms with Crippen LogP contribution in [0, 0.1) is 0 Å². The summed E-state index contributed by atoms with van der Waals surface area (Å²) in [6.45, 7) is 2.44. The van der Waals surface area contributed by atoms with Gasteiger partial charge in [-0.1, -0.05) is 48.5 Å². The minimum Gasteiger partial charge on any atom is -0.496 e. The summed E-state index contributed by atoms with van der Waals surface area (Å²) in [5.74, 6) is 0.606. The van der Waals surface area contributed by atoms with Crippen molar-refractivity contribution in [3.63, 3.8) is 0 Å². The van der Waals surface area contributed by atoms with E-state index in [1.807, 2.05) is 55.5 Å². The number of nitrogens with one attached hydrogen (secondary N) is 1. The van der Waals surface area contributed by atoms with Crippen LogP contribution in [0.1, 0.15) is 18.9 Å². The standard InChI is InChI=1S/C24H23N3O2/c1-17(18-9-5-8-14-23(18)29-2)25-26-24(28)15-16-27-21-12-6-3-10-19(21)20-11-4-7-13-22(20)27/h3-14H,15-16H2,1-2H3,(H,26,28)/b25-17-. The Hall–Kier alpha value is -3.60. The number of benzene rings is 3. The number of hydrazone groups is 1. The third-order valence-corrected chi connectivity index (χ3v) is 5.09. The van der Waals surface area contributed by atoms with Crippen molar-refractivity contribution in [2.45, 2.75) is 19.9 Å². The summed E-state index contributed by atoms with van der Waals surface area (Å²) >= 11 is 0. The number of rotatable bonds is 6. The quantitative estimate of drug-likeness (QED) is 0.385. The zero-order valence-electron chi connectivity index (χ0n) is 16.6. The summed E-state index contributed by atoms with van der Waals surface area (Å²) in [4.78, 5) is 12.4. The molecule has 0 aliphatic rings. The first-order valence-electron chi connectivity index (χ1n) is 9.61. The van der Waals surface area contributed by atoms with E-state index in [9.17, 15) is 4.79 Å². The molecule has 1 heterocycles. The van der Waals surface area contributed by atoms with Gasteiger partial charge in [0.25, 0.3) is 0 Å². The average Bonchev–Trinajstić information content (AvgIpc) is 3.09. The Balaban J connectivity index is 1.50. The van der Waals surface area contributed by atoms with Gasteiger partial charge in [-0.3, -0.25) is 4.79 Å². The number of carbonyl (C=O) groups excluding carboxylic acids is 1. The second-order valence-corrected chi connectivity index (χ2v) is 6.87. The third-order valence-electron chi connectivity index (χ3n) is 5.09. The molecule has 0 saturated heterocycles. The van der Waals surface area contributed by atoms with Gasteiger partial charge in [-0.05, 0) is 31.2 Å². The lowest BCUT2D eigenvalue weighted by Crippen LogP contribution is -2.21. The van der Waals surface area contributed by atoms with E-state index < -0.39 is 0 Å². The summed E-state index contributed by atoms with van der Waals surface area (Å²) < 4.78 is 7.55. The summed E-state index contributed by atoms with van der Waals surface area (Å²) in [5, 5.41) is 6.66. The van der Waals surface area contributed by atoms with Crippen LogP contribution in [-0.2, 0) is 11.3 Å². The zero-order chi connectivity index (χ0) is 20.2. The van der Waals surface area contributed by atoms with Gasteiger partial charge in [-0.2, -0.15) is 5.10 Å². The first-order chi connectivity index (χ1) is 14.2. The van der Waals surface area contributed by atoms with Gasteiger partial charge in [0, 0.05) is 40.3 Å². The average molecular weight is 385 g/mol. The third kappa shape index (κ3) is 3.72. The van der Waals surface area contributed by atoms with Gasteiger partial charge < -0.3 is 9.30 Å². The van der Waals surface area contributed by atoms with Crippen molar-refractivity contribution in [1.82, 2.24) is 9.99 Å². The Morgan fingerprint density at radius 2 is 1.52 bits per heavy atom. The van der Waals surface area contributed by atoms with Gasteiger partial charge in [0.15, 0.2) is 0 Å². The van der Waals surface area contributed by atoms with E-state index in [0.29, 0.717) is 18.7 Å². The number of carbonyl (C=O) groups is 1. The van der Waals surface area contributed by atoms with Crippen LogP contribution in [0.5, 0.6) is 5.75 Å². The first kappa shape index (κ1) is 18.7. The van der Waals surface area contributed by atoms with Crippen LogP contribution < -0.4 is 10.2 Å². The Morgan fingerprint density at radius 3 is 2.17 bits per heavy atom. The predicted molar refractivity (Wildman–Crippen MR) is 117 cm³/mol. The van der Waals surface area contributed by atoms with Gasteiger partial charge in [-0.25, -0.2) is 5.43 Å². The Labute approximate surface area is 169 Å². The van der Waals surface area contributed by atoms with E-state index >= 15 is 0 Å². The van der Waals surface area contributed by atoms with E-state index in [1.165, 1.54) is 10.8 Å². The number of aromatic nitrogens is 1. The zero-order valence-corrected chi connectivity index (χ0v) is 16.6. The molecule has 1 amide bonds. The van der Waals surface area contributed by atoms with Crippen LogP contribution in [0.25, 0.3) is 21.8 Å². The van der Waals surface area contributed by atoms with E-state index in [-0.39, 0.29) is 5.91 Å². The number of hydrogen-bond acceptors (Lipinski definition) is 3.